The zero-order chi connectivity index (χ0) is 17.2. The summed E-state index contributed by atoms with van der Waals surface area (Å²) in [5, 5.41) is 18.2. The standard InChI is InChI=1S/C20H23NO3/c1-2-23-20(15-22)13-17-6-8-19(9-7-17)24-11-10-16-4-3-5-18(12-16)14-21/h3-9,12,20,22H,2,10-11,13,15H2,1H3. The average molecular weight is 325 g/mol. The van der Waals surface area contributed by atoms with E-state index in [-0.39, 0.29) is 12.7 Å². The van der Waals surface area contributed by atoms with Gasteiger partial charge in [0.1, 0.15) is 5.75 Å². The minimum Gasteiger partial charge on any atom is -0.493 e. The summed E-state index contributed by atoms with van der Waals surface area (Å²) in [5.41, 5.74) is 2.87. The summed E-state index contributed by atoms with van der Waals surface area (Å²) in [5.74, 6) is 0.812. The predicted octanol–water partition coefficient (Wildman–Crippen LogP) is 3.12. The molecule has 0 heterocycles. The zero-order valence-electron chi connectivity index (χ0n) is 13.9. The second-order valence-corrected chi connectivity index (χ2v) is 5.52. The second-order valence-electron chi connectivity index (χ2n) is 5.52. The Hall–Kier alpha value is -2.35. The summed E-state index contributed by atoms with van der Waals surface area (Å²) in [6.07, 6.45) is 1.29. The Morgan fingerprint density at radius 1 is 1.12 bits per heavy atom. The van der Waals surface area contributed by atoms with Gasteiger partial charge >= 0.3 is 0 Å². The van der Waals surface area contributed by atoms with Crippen molar-refractivity contribution in [3.05, 3.63) is 65.2 Å². The van der Waals surface area contributed by atoms with Crippen molar-refractivity contribution >= 4 is 0 Å². The first kappa shape index (κ1) is 18.0. The number of benzene rings is 2. The molecule has 2 aromatic carbocycles. The lowest BCUT2D eigenvalue weighted by Crippen LogP contribution is -2.20. The van der Waals surface area contributed by atoms with Gasteiger partial charge in [-0.05, 0) is 42.3 Å². The van der Waals surface area contributed by atoms with Gasteiger partial charge in [0.05, 0.1) is 31.0 Å². The zero-order valence-corrected chi connectivity index (χ0v) is 13.9. The maximum atomic E-state index is 9.26. The summed E-state index contributed by atoms with van der Waals surface area (Å²) in [6.45, 7) is 3.10. The van der Waals surface area contributed by atoms with Crippen LogP contribution in [0.15, 0.2) is 48.5 Å². The van der Waals surface area contributed by atoms with Crippen LogP contribution in [0.4, 0.5) is 0 Å². The lowest BCUT2D eigenvalue weighted by atomic mass is 10.1. The van der Waals surface area contributed by atoms with Crippen molar-refractivity contribution in [2.75, 3.05) is 19.8 Å². The molecule has 4 heteroatoms. The maximum absolute atomic E-state index is 9.26. The topological polar surface area (TPSA) is 62.5 Å². The van der Waals surface area contributed by atoms with Crippen LogP contribution in [0.5, 0.6) is 5.75 Å². The van der Waals surface area contributed by atoms with Gasteiger partial charge in [0.25, 0.3) is 0 Å². The summed E-state index contributed by atoms with van der Waals surface area (Å²) >= 11 is 0. The second kappa shape index (κ2) is 9.71. The van der Waals surface area contributed by atoms with Crippen LogP contribution in [0, 0.1) is 11.3 Å². The molecule has 0 aliphatic rings. The number of rotatable bonds is 9. The molecular formula is C20H23NO3. The molecule has 0 fully saturated rings. The van der Waals surface area contributed by atoms with Crippen LogP contribution in [-0.4, -0.2) is 31.0 Å². The van der Waals surface area contributed by atoms with Crippen LogP contribution in [0.1, 0.15) is 23.6 Å². The molecule has 0 radical (unpaired) electrons. The Balaban J connectivity index is 1.82. The average Bonchev–Trinajstić information content (AvgIpc) is 2.63. The van der Waals surface area contributed by atoms with Gasteiger partial charge < -0.3 is 14.6 Å². The highest BCUT2D eigenvalue weighted by Crippen LogP contribution is 2.15. The van der Waals surface area contributed by atoms with Gasteiger partial charge in [0.15, 0.2) is 0 Å². The molecule has 4 nitrogen and oxygen atoms in total. The van der Waals surface area contributed by atoms with E-state index in [1.165, 1.54) is 0 Å². The molecular weight excluding hydrogens is 302 g/mol. The van der Waals surface area contributed by atoms with Crippen LogP contribution < -0.4 is 4.74 Å². The van der Waals surface area contributed by atoms with Crippen molar-refractivity contribution in [3.63, 3.8) is 0 Å². The number of nitriles is 1. The molecule has 2 aromatic rings. The van der Waals surface area contributed by atoms with Gasteiger partial charge in [-0.15, -0.1) is 0 Å². The van der Waals surface area contributed by atoms with E-state index in [1.54, 1.807) is 6.07 Å². The van der Waals surface area contributed by atoms with Crippen molar-refractivity contribution in [1.29, 1.82) is 5.26 Å². The lowest BCUT2D eigenvalue weighted by Gasteiger charge is -2.14. The molecule has 0 aliphatic heterocycles. The molecule has 0 bridgehead atoms. The highest BCUT2D eigenvalue weighted by Gasteiger charge is 2.08. The van der Waals surface area contributed by atoms with Gasteiger partial charge in [0.2, 0.25) is 0 Å². The van der Waals surface area contributed by atoms with Gasteiger partial charge in [0, 0.05) is 19.4 Å². The molecule has 1 unspecified atom stereocenters. The van der Waals surface area contributed by atoms with Gasteiger partial charge in [-0.25, -0.2) is 0 Å². The van der Waals surface area contributed by atoms with E-state index >= 15 is 0 Å². The number of hydrogen-bond donors (Lipinski definition) is 1. The van der Waals surface area contributed by atoms with Gasteiger partial charge in [-0.1, -0.05) is 24.3 Å². The minimum atomic E-state index is -0.158. The lowest BCUT2D eigenvalue weighted by molar-refractivity contribution is 0.0207. The Kier molecular flexibility index (Phi) is 7.28. The van der Waals surface area contributed by atoms with Crippen molar-refractivity contribution < 1.29 is 14.6 Å². The Morgan fingerprint density at radius 3 is 2.58 bits per heavy atom. The Morgan fingerprint density at radius 2 is 1.92 bits per heavy atom. The first-order valence-corrected chi connectivity index (χ1v) is 8.18. The van der Waals surface area contributed by atoms with Crippen molar-refractivity contribution in [2.24, 2.45) is 0 Å². The van der Waals surface area contributed by atoms with E-state index in [0.29, 0.717) is 25.2 Å². The Labute approximate surface area is 143 Å². The normalized spacial score (nSPS) is 11.7. The van der Waals surface area contributed by atoms with E-state index < -0.39 is 0 Å². The Bertz CT molecular complexity index is 661. The minimum absolute atomic E-state index is 0.0217. The molecule has 2 rings (SSSR count). The molecule has 1 atom stereocenters. The number of ether oxygens (including phenoxy) is 2. The SMILES string of the molecule is CCOC(CO)Cc1ccc(OCCc2cccc(C#N)c2)cc1. The van der Waals surface area contributed by atoms with Crippen LogP contribution in [0.2, 0.25) is 0 Å². The highest BCUT2D eigenvalue weighted by atomic mass is 16.5. The highest BCUT2D eigenvalue weighted by molar-refractivity contribution is 5.33. The number of aliphatic hydroxyl groups excluding tert-OH is 1. The third kappa shape index (κ3) is 5.69. The van der Waals surface area contributed by atoms with Crippen LogP contribution in [-0.2, 0) is 17.6 Å². The monoisotopic (exact) mass is 325 g/mol. The van der Waals surface area contributed by atoms with E-state index in [4.69, 9.17) is 14.7 Å². The van der Waals surface area contributed by atoms with Gasteiger partial charge in [-0.2, -0.15) is 5.26 Å². The van der Waals surface area contributed by atoms with E-state index in [9.17, 15) is 5.11 Å². The molecule has 24 heavy (non-hydrogen) atoms. The van der Waals surface area contributed by atoms with Crippen molar-refractivity contribution in [2.45, 2.75) is 25.9 Å². The molecule has 1 N–H and O–H groups in total. The third-order valence-electron chi connectivity index (χ3n) is 3.71. The fourth-order valence-corrected chi connectivity index (χ4v) is 2.48. The van der Waals surface area contributed by atoms with E-state index in [2.05, 4.69) is 6.07 Å². The van der Waals surface area contributed by atoms with Gasteiger partial charge in [-0.3, -0.25) is 0 Å². The van der Waals surface area contributed by atoms with Crippen molar-refractivity contribution in [3.8, 4) is 11.8 Å². The summed E-state index contributed by atoms with van der Waals surface area (Å²) < 4.78 is 11.2. The van der Waals surface area contributed by atoms with Crippen LogP contribution in [0.3, 0.4) is 0 Å². The number of nitrogens with zero attached hydrogens (tertiary/aromatic N) is 1. The fraction of sp³-hybridized carbons (Fsp3) is 0.350. The van der Waals surface area contributed by atoms with E-state index in [0.717, 1.165) is 23.3 Å². The molecule has 0 spiro atoms. The first-order valence-electron chi connectivity index (χ1n) is 8.18. The smallest absolute Gasteiger partial charge is 0.119 e. The molecule has 0 saturated carbocycles. The summed E-state index contributed by atoms with van der Waals surface area (Å²) in [6, 6.07) is 17.6. The number of aliphatic hydroxyl groups is 1. The largest absolute Gasteiger partial charge is 0.493 e. The van der Waals surface area contributed by atoms with Crippen molar-refractivity contribution in [1.82, 2.24) is 0 Å². The molecule has 0 saturated heterocycles. The number of hydrogen-bond acceptors (Lipinski definition) is 4. The maximum Gasteiger partial charge on any atom is 0.119 e. The van der Waals surface area contributed by atoms with Crippen LogP contribution >= 0.6 is 0 Å². The molecule has 0 aliphatic carbocycles. The summed E-state index contributed by atoms with van der Waals surface area (Å²) in [7, 11) is 0. The molecule has 126 valence electrons. The molecule has 0 amide bonds. The quantitative estimate of drug-likeness (QED) is 0.769. The van der Waals surface area contributed by atoms with Crippen LogP contribution in [0.25, 0.3) is 0 Å². The third-order valence-corrected chi connectivity index (χ3v) is 3.71. The summed E-state index contributed by atoms with van der Waals surface area (Å²) in [4.78, 5) is 0. The predicted molar refractivity (Wildman–Crippen MR) is 93.0 cm³/mol. The first-order chi connectivity index (χ1) is 11.7. The fourth-order valence-electron chi connectivity index (χ4n) is 2.48. The van der Waals surface area contributed by atoms with E-state index in [1.807, 2.05) is 49.4 Å². The molecule has 0 aromatic heterocycles.